The highest BCUT2D eigenvalue weighted by Crippen LogP contribution is 2.18. The molecule has 0 fully saturated rings. The van der Waals surface area contributed by atoms with E-state index >= 15 is 0 Å². The molecule has 0 aliphatic rings. The molecule has 0 radical (unpaired) electrons. The third-order valence-electron chi connectivity index (χ3n) is 2.29. The molecule has 0 unspecified atom stereocenters. The highest BCUT2D eigenvalue weighted by Gasteiger charge is 2.00. The topological polar surface area (TPSA) is 46.2 Å². The first-order chi connectivity index (χ1) is 6.66. The zero-order valence-corrected chi connectivity index (χ0v) is 8.59. The van der Waals surface area contributed by atoms with Crippen LogP contribution < -0.4 is 5.73 Å². The van der Waals surface area contributed by atoms with Gasteiger partial charge in [0.05, 0.1) is 6.61 Å². The van der Waals surface area contributed by atoms with Gasteiger partial charge in [0.25, 0.3) is 0 Å². The minimum atomic E-state index is 0.111. The summed E-state index contributed by atoms with van der Waals surface area (Å²) in [6, 6.07) is 3.79. The van der Waals surface area contributed by atoms with Gasteiger partial charge in [-0.3, -0.25) is 0 Å². The smallest absolute Gasteiger partial charge is 0.0540 e. The maximum absolute atomic E-state index is 8.59. The van der Waals surface area contributed by atoms with E-state index in [-0.39, 0.29) is 6.61 Å². The average molecular weight is 189 g/mol. The molecular weight excluding hydrogens is 174 g/mol. The molecule has 0 aromatic heterocycles. The molecule has 0 aliphatic carbocycles. The van der Waals surface area contributed by atoms with Crippen LogP contribution in [-0.2, 0) is 0 Å². The minimum absolute atomic E-state index is 0.111. The minimum Gasteiger partial charge on any atom is -0.399 e. The third kappa shape index (κ3) is 2.27. The van der Waals surface area contributed by atoms with Crippen molar-refractivity contribution in [1.82, 2.24) is 0 Å². The summed E-state index contributed by atoms with van der Waals surface area (Å²) in [5.41, 5.74) is 9.75. The maximum atomic E-state index is 8.59. The number of benzene rings is 1. The van der Waals surface area contributed by atoms with E-state index in [1.165, 1.54) is 0 Å². The van der Waals surface area contributed by atoms with E-state index in [0.717, 1.165) is 22.4 Å². The fourth-order valence-electron chi connectivity index (χ4n) is 1.19. The monoisotopic (exact) mass is 189 g/mol. The van der Waals surface area contributed by atoms with E-state index in [0.29, 0.717) is 6.42 Å². The number of aliphatic hydroxyl groups is 1. The zero-order valence-electron chi connectivity index (χ0n) is 8.59. The van der Waals surface area contributed by atoms with Gasteiger partial charge in [-0.2, -0.15) is 0 Å². The summed E-state index contributed by atoms with van der Waals surface area (Å²) in [6.45, 7) is 4.11. The molecule has 14 heavy (non-hydrogen) atoms. The second-order valence-corrected chi connectivity index (χ2v) is 3.23. The summed E-state index contributed by atoms with van der Waals surface area (Å²) in [7, 11) is 0. The van der Waals surface area contributed by atoms with Gasteiger partial charge in [0, 0.05) is 17.7 Å². The Kier molecular flexibility index (Phi) is 3.55. The van der Waals surface area contributed by atoms with E-state index in [9.17, 15) is 0 Å². The summed E-state index contributed by atoms with van der Waals surface area (Å²) in [5, 5.41) is 8.59. The van der Waals surface area contributed by atoms with Gasteiger partial charge < -0.3 is 10.8 Å². The zero-order chi connectivity index (χ0) is 10.6. The Hall–Kier alpha value is -1.46. The molecule has 0 saturated carbocycles. The summed E-state index contributed by atoms with van der Waals surface area (Å²) in [6.07, 6.45) is 0.517. The third-order valence-corrected chi connectivity index (χ3v) is 2.29. The normalized spacial score (nSPS) is 9.36. The molecule has 0 atom stereocenters. The van der Waals surface area contributed by atoms with Crippen molar-refractivity contribution in [1.29, 1.82) is 0 Å². The second-order valence-electron chi connectivity index (χ2n) is 3.23. The van der Waals surface area contributed by atoms with Gasteiger partial charge in [-0.25, -0.2) is 0 Å². The Labute approximate surface area is 84.8 Å². The largest absolute Gasteiger partial charge is 0.399 e. The molecule has 0 aliphatic heterocycles. The Morgan fingerprint density at radius 2 is 2.00 bits per heavy atom. The molecule has 3 N–H and O–H groups in total. The molecule has 1 aromatic rings. The first kappa shape index (κ1) is 10.6. The number of nitrogens with two attached hydrogens (primary N) is 1. The fraction of sp³-hybridized carbons (Fsp3) is 0.333. The van der Waals surface area contributed by atoms with Gasteiger partial charge in [0.2, 0.25) is 0 Å². The van der Waals surface area contributed by atoms with Crippen LogP contribution in [0.5, 0.6) is 0 Å². The van der Waals surface area contributed by atoms with E-state index in [1.807, 2.05) is 26.0 Å². The second kappa shape index (κ2) is 4.69. The number of hydrogen-bond acceptors (Lipinski definition) is 2. The number of nitrogen functional groups attached to an aromatic ring is 1. The van der Waals surface area contributed by atoms with Crippen LogP contribution in [0.1, 0.15) is 23.1 Å². The van der Waals surface area contributed by atoms with Crippen LogP contribution in [0.25, 0.3) is 0 Å². The quantitative estimate of drug-likeness (QED) is 0.521. The molecule has 0 bridgehead atoms. The van der Waals surface area contributed by atoms with Gasteiger partial charge in [-0.05, 0) is 37.1 Å². The van der Waals surface area contributed by atoms with Crippen molar-refractivity contribution in [2.75, 3.05) is 12.3 Å². The van der Waals surface area contributed by atoms with Gasteiger partial charge in [-0.15, -0.1) is 0 Å². The van der Waals surface area contributed by atoms with Gasteiger partial charge in [0.1, 0.15) is 0 Å². The Morgan fingerprint density at radius 1 is 1.29 bits per heavy atom. The molecule has 0 spiro atoms. The fourth-order valence-corrected chi connectivity index (χ4v) is 1.19. The van der Waals surface area contributed by atoms with Crippen LogP contribution in [0.4, 0.5) is 5.69 Å². The molecule has 2 nitrogen and oxygen atoms in total. The van der Waals surface area contributed by atoms with E-state index < -0.39 is 0 Å². The first-order valence-electron chi connectivity index (χ1n) is 4.62. The van der Waals surface area contributed by atoms with Crippen LogP contribution >= 0.6 is 0 Å². The molecule has 1 aromatic carbocycles. The summed E-state index contributed by atoms with van der Waals surface area (Å²) >= 11 is 0. The van der Waals surface area contributed by atoms with Crippen molar-refractivity contribution in [2.24, 2.45) is 0 Å². The van der Waals surface area contributed by atoms with Crippen molar-refractivity contribution in [3.63, 3.8) is 0 Å². The van der Waals surface area contributed by atoms with Crippen LogP contribution in [0, 0.1) is 25.7 Å². The van der Waals surface area contributed by atoms with E-state index in [1.54, 1.807) is 0 Å². The lowest BCUT2D eigenvalue weighted by Crippen LogP contribution is -1.94. The highest BCUT2D eigenvalue weighted by molar-refractivity contribution is 5.56. The lowest BCUT2D eigenvalue weighted by atomic mass is 10.0. The van der Waals surface area contributed by atoms with Crippen LogP contribution in [0.3, 0.4) is 0 Å². The number of anilines is 1. The van der Waals surface area contributed by atoms with Gasteiger partial charge in [0.15, 0.2) is 0 Å². The summed E-state index contributed by atoms with van der Waals surface area (Å²) < 4.78 is 0. The van der Waals surface area contributed by atoms with E-state index in [4.69, 9.17) is 10.8 Å². The van der Waals surface area contributed by atoms with Crippen molar-refractivity contribution < 1.29 is 5.11 Å². The van der Waals surface area contributed by atoms with Crippen molar-refractivity contribution in [2.45, 2.75) is 20.3 Å². The van der Waals surface area contributed by atoms with E-state index in [2.05, 4.69) is 11.8 Å². The SMILES string of the molecule is Cc1c(N)ccc(C#CCCO)c1C. The van der Waals surface area contributed by atoms with Crippen molar-refractivity contribution in [3.8, 4) is 11.8 Å². The Balaban J connectivity index is 3.02. The highest BCUT2D eigenvalue weighted by atomic mass is 16.2. The van der Waals surface area contributed by atoms with Crippen LogP contribution in [0.15, 0.2) is 12.1 Å². The number of aliphatic hydroxyl groups excluding tert-OH is 1. The summed E-state index contributed by atoms with van der Waals surface area (Å²) in [4.78, 5) is 0. The first-order valence-corrected chi connectivity index (χ1v) is 4.62. The van der Waals surface area contributed by atoms with Crippen molar-refractivity contribution in [3.05, 3.63) is 28.8 Å². The van der Waals surface area contributed by atoms with Crippen LogP contribution in [0.2, 0.25) is 0 Å². The molecule has 74 valence electrons. The van der Waals surface area contributed by atoms with Gasteiger partial charge >= 0.3 is 0 Å². The molecule has 2 heteroatoms. The number of hydrogen-bond donors (Lipinski definition) is 2. The molecule has 0 heterocycles. The molecule has 0 saturated heterocycles. The van der Waals surface area contributed by atoms with Gasteiger partial charge in [-0.1, -0.05) is 11.8 Å². The predicted molar refractivity (Wildman–Crippen MR) is 58.9 cm³/mol. The molecular formula is C12H15NO. The average Bonchev–Trinajstić information content (AvgIpc) is 2.18. The summed E-state index contributed by atoms with van der Waals surface area (Å²) in [5.74, 6) is 5.91. The lowest BCUT2D eigenvalue weighted by molar-refractivity contribution is 0.305. The van der Waals surface area contributed by atoms with Crippen LogP contribution in [-0.4, -0.2) is 11.7 Å². The Bertz CT molecular complexity index is 385. The lowest BCUT2D eigenvalue weighted by Gasteiger charge is -2.05. The maximum Gasteiger partial charge on any atom is 0.0540 e. The number of rotatable bonds is 1. The standard InChI is InChI=1S/C12H15NO/c1-9-10(2)12(13)7-6-11(9)5-3-4-8-14/h6-7,14H,4,8,13H2,1-2H3. The Morgan fingerprint density at radius 3 is 2.64 bits per heavy atom. The van der Waals surface area contributed by atoms with Crippen molar-refractivity contribution >= 4 is 5.69 Å². The molecule has 1 rings (SSSR count). The molecule has 0 amide bonds. The predicted octanol–water partition coefficient (Wildman–Crippen LogP) is 1.62.